The van der Waals surface area contributed by atoms with Crippen molar-refractivity contribution in [3.8, 4) is 0 Å². The van der Waals surface area contributed by atoms with Crippen molar-refractivity contribution in [1.29, 1.82) is 0 Å². The first kappa shape index (κ1) is 18.4. The van der Waals surface area contributed by atoms with E-state index in [-0.39, 0.29) is 19.6 Å². The van der Waals surface area contributed by atoms with Gasteiger partial charge in [0.15, 0.2) is 7.38 Å². The highest BCUT2D eigenvalue weighted by atomic mass is 35.6. The van der Waals surface area contributed by atoms with Gasteiger partial charge < -0.3 is 0 Å². The molecule has 22 heavy (non-hydrogen) atoms. The molecule has 1 heterocycles. The number of halogens is 1. The van der Waals surface area contributed by atoms with Crippen molar-refractivity contribution in [2.45, 2.75) is 45.2 Å². The van der Waals surface area contributed by atoms with Gasteiger partial charge in [0, 0.05) is 6.54 Å². The van der Waals surface area contributed by atoms with E-state index in [4.69, 9.17) is 11.1 Å². The smallest absolute Gasteiger partial charge is 0.247 e. The van der Waals surface area contributed by atoms with E-state index in [9.17, 15) is 14.4 Å². The molecular formula is C14H22ClN3O3Si. The van der Waals surface area contributed by atoms with Gasteiger partial charge in [0.05, 0.1) is 13.1 Å². The second-order valence-electron chi connectivity index (χ2n) is 5.62. The Morgan fingerprint density at radius 3 is 1.73 bits per heavy atom. The highest BCUT2D eigenvalue weighted by Crippen LogP contribution is 2.16. The fourth-order valence-corrected chi connectivity index (χ4v) is 3.50. The molecule has 0 spiro atoms. The van der Waals surface area contributed by atoms with Crippen LogP contribution in [0.4, 0.5) is 0 Å². The van der Waals surface area contributed by atoms with Crippen LogP contribution in [0.1, 0.15) is 6.42 Å². The van der Waals surface area contributed by atoms with E-state index in [1.165, 1.54) is 12.2 Å². The van der Waals surface area contributed by atoms with Gasteiger partial charge in [-0.15, -0.1) is 13.2 Å². The van der Waals surface area contributed by atoms with Crippen LogP contribution in [0.2, 0.25) is 19.1 Å². The fourth-order valence-electron chi connectivity index (χ4n) is 2.10. The molecular weight excluding hydrogens is 322 g/mol. The van der Waals surface area contributed by atoms with Gasteiger partial charge in [0.2, 0.25) is 0 Å². The third-order valence-corrected chi connectivity index (χ3v) is 5.27. The van der Waals surface area contributed by atoms with Crippen LogP contribution in [0.25, 0.3) is 0 Å². The molecule has 1 rings (SSSR count). The maximum Gasteiger partial charge on any atom is 0.336 e. The van der Waals surface area contributed by atoms with E-state index in [1.54, 1.807) is 0 Å². The molecule has 0 unspecified atom stereocenters. The first-order valence-electron chi connectivity index (χ1n) is 7.08. The summed E-state index contributed by atoms with van der Waals surface area (Å²) >= 11 is 6.25. The van der Waals surface area contributed by atoms with Crippen LogP contribution in [0.5, 0.6) is 0 Å². The summed E-state index contributed by atoms with van der Waals surface area (Å²) in [6.07, 6.45) is 3.52. The highest BCUT2D eigenvalue weighted by Gasteiger charge is 2.18. The Morgan fingerprint density at radius 1 is 0.955 bits per heavy atom. The number of allylic oxidation sites excluding steroid dienone is 2. The Labute approximate surface area is 134 Å². The fraction of sp³-hybridized carbons (Fsp3) is 0.500. The maximum absolute atomic E-state index is 12.3. The molecule has 0 aromatic carbocycles. The van der Waals surface area contributed by atoms with E-state index in [0.29, 0.717) is 6.42 Å². The van der Waals surface area contributed by atoms with E-state index in [2.05, 4.69) is 13.2 Å². The van der Waals surface area contributed by atoms with Crippen LogP contribution < -0.4 is 17.1 Å². The van der Waals surface area contributed by atoms with Crippen LogP contribution in [0.3, 0.4) is 0 Å². The summed E-state index contributed by atoms with van der Waals surface area (Å²) in [5, 5.41) is 0. The third-order valence-electron chi connectivity index (χ3n) is 3.16. The van der Waals surface area contributed by atoms with Gasteiger partial charge in [0.1, 0.15) is 0 Å². The molecule has 0 saturated heterocycles. The Balaban J connectivity index is 3.34. The van der Waals surface area contributed by atoms with Crippen molar-refractivity contribution in [3.63, 3.8) is 0 Å². The standard InChI is InChI=1S/C14H22ClN3O3Si/c1-5-8-16-12(19)17(9-6-2)14(21)18(13(16)20)10-7-11-22(3,4)15/h5-6H,1-2,7-11H2,3-4H3. The van der Waals surface area contributed by atoms with Gasteiger partial charge in [-0.3, -0.25) is 0 Å². The third kappa shape index (κ3) is 4.44. The minimum absolute atomic E-state index is 0.0604. The number of rotatable bonds is 8. The van der Waals surface area contributed by atoms with Gasteiger partial charge in [0.25, 0.3) is 0 Å². The summed E-state index contributed by atoms with van der Waals surface area (Å²) in [7, 11) is -1.77. The second-order valence-corrected chi connectivity index (χ2v) is 12.6. The average molecular weight is 344 g/mol. The first-order chi connectivity index (χ1) is 10.2. The predicted molar refractivity (Wildman–Crippen MR) is 92.4 cm³/mol. The van der Waals surface area contributed by atoms with Crippen molar-refractivity contribution < 1.29 is 0 Å². The molecule has 0 radical (unpaired) electrons. The minimum atomic E-state index is -1.77. The zero-order valence-corrected chi connectivity index (χ0v) is 14.8. The lowest BCUT2D eigenvalue weighted by Gasteiger charge is -2.14. The first-order valence-corrected chi connectivity index (χ1v) is 11.3. The Hall–Kier alpha value is -1.60. The summed E-state index contributed by atoms with van der Waals surface area (Å²) in [5.74, 6) is 0. The van der Waals surface area contributed by atoms with Crippen molar-refractivity contribution in [1.82, 2.24) is 13.7 Å². The molecule has 0 aliphatic rings. The molecule has 0 amide bonds. The van der Waals surface area contributed by atoms with Crippen molar-refractivity contribution in [2.24, 2.45) is 0 Å². The molecule has 1 aromatic heterocycles. The molecule has 0 fully saturated rings. The SMILES string of the molecule is C=CCn1c(=O)n(CC=C)c(=O)n(CCC[Si](C)(C)Cl)c1=O. The van der Waals surface area contributed by atoms with Crippen LogP contribution in [0, 0.1) is 0 Å². The minimum Gasteiger partial charge on any atom is -0.247 e. The van der Waals surface area contributed by atoms with E-state index >= 15 is 0 Å². The zero-order valence-electron chi connectivity index (χ0n) is 13.0. The maximum atomic E-state index is 12.3. The number of hydrogen-bond donors (Lipinski definition) is 0. The molecule has 1 aromatic rings. The van der Waals surface area contributed by atoms with Gasteiger partial charge >= 0.3 is 17.1 Å². The Kier molecular flexibility index (Phi) is 6.37. The topological polar surface area (TPSA) is 66.0 Å². The molecule has 0 aliphatic carbocycles. The molecule has 6 nitrogen and oxygen atoms in total. The quantitative estimate of drug-likeness (QED) is 0.407. The highest BCUT2D eigenvalue weighted by molar-refractivity contribution is 7.19. The van der Waals surface area contributed by atoms with Crippen LogP contribution in [-0.2, 0) is 19.6 Å². The largest absolute Gasteiger partial charge is 0.336 e. The summed E-state index contributed by atoms with van der Waals surface area (Å²) in [6, 6.07) is 0.780. The summed E-state index contributed by atoms with van der Waals surface area (Å²) in [4.78, 5) is 36.8. The summed E-state index contributed by atoms with van der Waals surface area (Å²) in [6.45, 7) is 11.4. The second kappa shape index (κ2) is 7.60. The van der Waals surface area contributed by atoms with Gasteiger partial charge in [-0.1, -0.05) is 25.2 Å². The number of nitrogens with zero attached hydrogens (tertiary/aromatic N) is 3. The van der Waals surface area contributed by atoms with Crippen LogP contribution >= 0.6 is 11.1 Å². The monoisotopic (exact) mass is 343 g/mol. The molecule has 8 heteroatoms. The van der Waals surface area contributed by atoms with Crippen LogP contribution in [-0.4, -0.2) is 21.1 Å². The molecule has 122 valence electrons. The van der Waals surface area contributed by atoms with Gasteiger partial charge in [-0.25, -0.2) is 28.1 Å². The summed E-state index contributed by atoms with van der Waals surface area (Å²) < 4.78 is 3.09. The zero-order chi connectivity index (χ0) is 16.9. The van der Waals surface area contributed by atoms with Crippen molar-refractivity contribution in [3.05, 3.63) is 56.8 Å². The van der Waals surface area contributed by atoms with Gasteiger partial charge in [-0.2, -0.15) is 11.1 Å². The molecule has 0 bridgehead atoms. The Morgan fingerprint density at radius 2 is 1.36 bits per heavy atom. The average Bonchev–Trinajstić information content (AvgIpc) is 2.42. The van der Waals surface area contributed by atoms with Crippen LogP contribution in [0.15, 0.2) is 39.7 Å². The predicted octanol–water partition coefficient (Wildman–Crippen LogP) is 1.38. The van der Waals surface area contributed by atoms with Gasteiger partial charge in [-0.05, 0) is 12.5 Å². The van der Waals surface area contributed by atoms with E-state index < -0.39 is 24.5 Å². The normalized spacial score (nSPS) is 11.4. The van der Waals surface area contributed by atoms with Crippen molar-refractivity contribution >= 4 is 18.5 Å². The lowest BCUT2D eigenvalue weighted by Crippen LogP contribution is -2.54. The molecule has 0 aliphatic heterocycles. The van der Waals surface area contributed by atoms with E-state index in [1.807, 2.05) is 13.1 Å². The molecule has 0 atom stereocenters. The lowest BCUT2D eigenvalue weighted by molar-refractivity contribution is 0.475. The molecule has 0 N–H and O–H groups in total. The lowest BCUT2D eigenvalue weighted by atomic mass is 10.4. The Bertz CT molecular complexity index is 677. The number of aromatic nitrogens is 3. The van der Waals surface area contributed by atoms with E-state index in [0.717, 1.165) is 19.7 Å². The number of hydrogen-bond acceptors (Lipinski definition) is 3. The summed E-state index contributed by atoms with van der Waals surface area (Å²) in [5.41, 5.74) is -1.85. The van der Waals surface area contributed by atoms with Crippen molar-refractivity contribution in [2.75, 3.05) is 0 Å². The molecule has 0 saturated carbocycles.